The Labute approximate surface area is 144 Å². The molecule has 1 spiro atoms. The van der Waals surface area contributed by atoms with Gasteiger partial charge in [0.25, 0.3) is 5.91 Å². The molecule has 120 valence electrons. The van der Waals surface area contributed by atoms with Crippen molar-refractivity contribution in [2.45, 2.75) is 37.3 Å². The summed E-state index contributed by atoms with van der Waals surface area (Å²) in [6.07, 6.45) is 4.95. The number of piperidine rings is 3. The Morgan fingerprint density at radius 1 is 1.26 bits per heavy atom. The van der Waals surface area contributed by atoms with Gasteiger partial charge in [-0.25, -0.2) is 0 Å². The lowest BCUT2D eigenvalue weighted by molar-refractivity contribution is -0.00138. The molecule has 1 unspecified atom stereocenters. The fourth-order valence-corrected chi connectivity index (χ4v) is 5.79. The van der Waals surface area contributed by atoms with Crippen molar-refractivity contribution in [3.8, 4) is 0 Å². The number of hydrogen-bond acceptors (Lipinski definition) is 3. The molecule has 1 amide bonds. The van der Waals surface area contributed by atoms with E-state index in [-0.39, 0.29) is 11.4 Å². The van der Waals surface area contributed by atoms with E-state index < -0.39 is 0 Å². The maximum Gasteiger partial charge on any atom is 0.261 e. The van der Waals surface area contributed by atoms with Crippen molar-refractivity contribution in [3.05, 3.63) is 34.2 Å². The zero-order chi connectivity index (χ0) is 15.6. The van der Waals surface area contributed by atoms with Gasteiger partial charge in [-0.15, -0.1) is 11.3 Å². The molecule has 1 saturated carbocycles. The van der Waals surface area contributed by atoms with Crippen LogP contribution in [0.1, 0.15) is 35.4 Å². The van der Waals surface area contributed by atoms with Crippen molar-refractivity contribution in [3.63, 3.8) is 0 Å². The summed E-state index contributed by atoms with van der Waals surface area (Å²) >= 11 is 7.61. The lowest BCUT2D eigenvalue weighted by atomic mass is 9.77. The van der Waals surface area contributed by atoms with Crippen LogP contribution >= 0.6 is 22.9 Å². The van der Waals surface area contributed by atoms with Gasteiger partial charge < -0.3 is 5.32 Å². The second-order valence-electron chi connectivity index (χ2n) is 7.17. The first-order valence-corrected chi connectivity index (χ1v) is 9.60. The predicted molar refractivity (Wildman–Crippen MR) is 94.4 cm³/mol. The van der Waals surface area contributed by atoms with Crippen molar-refractivity contribution < 1.29 is 4.79 Å². The van der Waals surface area contributed by atoms with Crippen LogP contribution in [0.2, 0.25) is 5.02 Å². The van der Waals surface area contributed by atoms with Gasteiger partial charge in [0.2, 0.25) is 0 Å². The molecule has 23 heavy (non-hydrogen) atoms. The molecule has 4 aliphatic rings. The minimum atomic E-state index is 0.0901. The number of nitrogens with zero attached hydrogens (tertiary/aromatic N) is 1. The second kappa shape index (κ2) is 4.95. The third-order valence-corrected chi connectivity index (χ3v) is 7.32. The van der Waals surface area contributed by atoms with Crippen molar-refractivity contribution >= 4 is 38.9 Å². The van der Waals surface area contributed by atoms with Crippen molar-refractivity contribution in [1.29, 1.82) is 0 Å². The molecule has 2 aromatic rings. The molecule has 1 aliphatic carbocycles. The molecule has 0 radical (unpaired) electrons. The minimum absolute atomic E-state index is 0.0901. The Morgan fingerprint density at radius 2 is 2.04 bits per heavy atom. The number of nitrogens with one attached hydrogen (secondary N) is 1. The number of hydrogen-bond donors (Lipinski definition) is 1. The van der Waals surface area contributed by atoms with Crippen LogP contribution in [0.25, 0.3) is 10.1 Å². The van der Waals surface area contributed by atoms with Crippen LogP contribution in [-0.2, 0) is 0 Å². The molecule has 1 atom stereocenters. The smallest absolute Gasteiger partial charge is 0.261 e. The summed E-state index contributed by atoms with van der Waals surface area (Å²) in [6, 6.07) is 8.12. The molecular weight excluding hydrogens is 328 g/mol. The number of amides is 1. The van der Waals surface area contributed by atoms with Crippen LogP contribution in [0.15, 0.2) is 24.3 Å². The lowest BCUT2D eigenvalue weighted by Crippen LogP contribution is -2.65. The molecule has 3 saturated heterocycles. The van der Waals surface area contributed by atoms with Gasteiger partial charge in [-0.05, 0) is 74.3 Å². The highest BCUT2D eigenvalue weighted by molar-refractivity contribution is 7.20. The Kier molecular flexibility index (Phi) is 3.07. The summed E-state index contributed by atoms with van der Waals surface area (Å²) in [5.74, 6) is 0.752. The van der Waals surface area contributed by atoms with E-state index in [9.17, 15) is 4.79 Å². The lowest BCUT2D eigenvalue weighted by Gasteiger charge is -2.52. The van der Waals surface area contributed by atoms with E-state index in [1.165, 1.54) is 38.8 Å². The van der Waals surface area contributed by atoms with Crippen LogP contribution in [0.3, 0.4) is 0 Å². The number of benzene rings is 1. The predicted octanol–water partition coefficient (Wildman–Crippen LogP) is 3.91. The van der Waals surface area contributed by atoms with Gasteiger partial charge in [-0.2, -0.15) is 0 Å². The molecule has 1 N–H and O–H groups in total. The number of halogens is 1. The molecule has 4 fully saturated rings. The first kappa shape index (κ1) is 14.3. The highest BCUT2D eigenvalue weighted by Crippen LogP contribution is 2.53. The third-order valence-electron chi connectivity index (χ3n) is 5.97. The second-order valence-corrected chi connectivity index (χ2v) is 8.69. The van der Waals surface area contributed by atoms with Crippen LogP contribution in [0.4, 0.5) is 0 Å². The van der Waals surface area contributed by atoms with Crippen LogP contribution in [-0.4, -0.2) is 35.5 Å². The van der Waals surface area contributed by atoms with E-state index in [0.29, 0.717) is 12.0 Å². The highest BCUT2D eigenvalue weighted by atomic mass is 35.5. The van der Waals surface area contributed by atoms with E-state index in [4.69, 9.17) is 11.6 Å². The Morgan fingerprint density at radius 3 is 2.78 bits per heavy atom. The van der Waals surface area contributed by atoms with Crippen molar-refractivity contribution in [2.24, 2.45) is 5.92 Å². The summed E-state index contributed by atoms with van der Waals surface area (Å²) in [5.41, 5.74) is 0.289. The van der Waals surface area contributed by atoms with E-state index in [0.717, 1.165) is 20.0 Å². The highest BCUT2D eigenvalue weighted by Gasteiger charge is 2.60. The summed E-state index contributed by atoms with van der Waals surface area (Å²) in [5, 5.41) is 5.17. The molecule has 1 aromatic heterocycles. The van der Waals surface area contributed by atoms with Gasteiger partial charge in [0.1, 0.15) is 0 Å². The maximum atomic E-state index is 12.8. The van der Waals surface area contributed by atoms with Gasteiger partial charge in [0.15, 0.2) is 0 Å². The third kappa shape index (κ3) is 2.15. The molecular formula is C18H19ClN2OS. The van der Waals surface area contributed by atoms with Crippen LogP contribution in [0.5, 0.6) is 0 Å². The van der Waals surface area contributed by atoms with Gasteiger partial charge in [0, 0.05) is 15.3 Å². The molecule has 3 nitrogen and oxygen atoms in total. The standard InChI is InChI=1S/C18H19ClN2OS/c19-13-1-2-14-12(9-13)10-15(23-14)17(22)20-16-11-3-7-21(8-4-11)18(16)5-6-18/h1-2,9-11,16H,3-8H2,(H,20,22). The fourth-order valence-electron chi connectivity index (χ4n) is 4.66. The van der Waals surface area contributed by atoms with E-state index in [2.05, 4.69) is 10.2 Å². The molecule has 6 rings (SSSR count). The number of thiophene rings is 1. The van der Waals surface area contributed by atoms with Gasteiger partial charge in [-0.3, -0.25) is 9.69 Å². The van der Waals surface area contributed by atoms with E-state index in [1.807, 2.05) is 24.3 Å². The fraction of sp³-hybridized carbons (Fsp3) is 0.500. The maximum absolute atomic E-state index is 12.8. The average molecular weight is 347 g/mol. The minimum Gasteiger partial charge on any atom is -0.346 e. The number of carbonyl (C=O) groups excluding carboxylic acids is 1. The number of rotatable bonds is 2. The van der Waals surface area contributed by atoms with E-state index >= 15 is 0 Å². The quantitative estimate of drug-likeness (QED) is 0.894. The zero-order valence-electron chi connectivity index (χ0n) is 12.8. The summed E-state index contributed by atoms with van der Waals surface area (Å²) in [4.78, 5) is 16.2. The summed E-state index contributed by atoms with van der Waals surface area (Å²) < 4.78 is 1.12. The van der Waals surface area contributed by atoms with Crippen LogP contribution in [0, 0.1) is 5.92 Å². The SMILES string of the molecule is O=C(NC1C2CCN(CC2)C12CC2)c1cc2cc(Cl)ccc2s1. The monoisotopic (exact) mass is 346 g/mol. The summed E-state index contributed by atoms with van der Waals surface area (Å²) in [7, 11) is 0. The molecule has 2 bridgehead atoms. The zero-order valence-corrected chi connectivity index (χ0v) is 14.4. The topological polar surface area (TPSA) is 32.3 Å². The molecule has 3 aliphatic heterocycles. The Hall–Kier alpha value is -1.10. The normalized spacial score (nSPS) is 30.7. The molecule has 1 aromatic carbocycles. The average Bonchev–Trinajstić information content (AvgIpc) is 3.22. The van der Waals surface area contributed by atoms with Gasteiger partial charge >= 0.3 is 0 Å². The van der Waals surface area contributed by atoms with Gasteiger partial charge in [-0.1, -0.05) is 11.6 Å². The first-order chi connectivity index (χ1) is 11.2. The Bertz CT molecular complexity index is 789. The first-order valence-electron chi connectivity index (χ1n) is 8.41. The Balaban J connectivity index is 1.42. The molecule has 4 heterocycles. The van der Waals surface area contributed by atoms with Crippen LogP contribution < -0.4 is 5.32 Å². The largest absolute Gasteiger partial charge is 0.346 e. The van der Waals surface area contributed by atoms with Crippen molar-refractivity contribution in [2.75, 3.05) is 13.1 Å². The summed E-state index contributed by atoms with van der Waals surface area (Å²) in [6.45, 7) is 2.44. The van der Waals surface area contributed by atoms with E-state index in [1.54, 1.807) is 11.3 Å². The van der Waals surface area contributed by atoms with Crippen molar-refractivity contribution in [1.82, 2.24) is 10.2 Å². The number of fused-ring (bicyclic) bond motifs is 3. The number of carbonyl (C=O) groups is 1. The molecule has 5 heteroatoms. The van der Waals surface area contributed by atoms with Gasteiger partial charge in [0.05, 0.1) is 10.9 Å².